The summed E-state index contributed by atoms with van der Waals surface area (Å²) in [6.07, 6.45) is 5.10. The normalized spacial score (nSPS) is 14.2. The van der Waals surface area contributed by atoms with E-state index in [4.69, 9.17) is 5.73 Å². The van der Waals surface area contributed by atoms with Gasteiger partial charge in [-0.3, -0.25) is 4.79 Å². The summed E-state index contributed by atoms with van der Waals surface area (Å²) in [6.45, 7) is 4.89. The predicted octanol–water partition coefficient (Wildman–Crippen LogP) is 2.48. The van der Waals surface area contributed by atoms with Gasteiger partial charge in [0.25, 0.3) is 0 Å². The van der Waals surface area contributed by atoms with Gasteiger partial charge in [-0.2, -0.15) is 0 Å². The number of thiazole rings is 1. The fraction of sp³-hybridized carbons (Fsp3) is 0.692. The third kappa shape index (κ3) is 5.14. The monoisotopic (exact) mass is 269 g/mol. The highest BCUT2D eigenvalue weighted by Crippen LogP contribution is 2.19. The summed E-state index contributed by atoms with van der Waals surface area (Å²) in [5.74, 6) is 0.626. The molecule has 2 unspecified atom stereocenters. The van der Waals surface area contributed by atoms with Crippen LogP contribution in [-0.2, 0) is 4.79 Å². The molecule has 0 saturated heterocycles. The summed E-state index contributed by atoms with van der Waals surface area (Å²) in [4.78, 5) is 16.1. The number of hydrogen-bond donors (Lipinski definition) is 2. The van der Waals surface area contributed by atoms with E-state index in [2.05, 4.69) is 24.1 Å². The molecule has 1 aromatic heterocycles. The maximum absolute atomic E-state index is 11.9. The molecule has 0 aromatic carbocycles. The highest BCUT2D eigenvalue weighted by Gasteiger charge is 2.15. The first-order valence-electron chi connectivity index (χ1n) is 6.56. The number of nitrogens with zero attached hydrogens (tertiary/aromatic N) is 1. The molecule has 4 nitrogen and oxygen atoms in total. The Labute approximate surface area is 113 Å². The van der Waals surface area contributed by atoms with Crippen molar-refractivity contribution in [3.63, 3.8) is 0 Å². The molecule has 3 N–H and O–H groups in total. The first-order chi connectivity index (χ1) is 8.67. The lowest BCUT2D eigenvalue weighted by atomic mass is 10.0. The lowest BCUT2D eigenvalue weighted by molar-refractivity contribution is -0.122. The van der Waals surface area contributed by atoms with Crippen molar-refractivity contribution in [2.24, 2.45) is 11.7 Å². The lowest BCUT2D eigenvalue weighted by Crippen LogP contribution is -2.28. The molecule has 1 heterocycles. The van der Waals surface area contributed by atoms with Crippen LogP contribution in [0.1, 0.15) is 50.6 Å². The molecule has 1 rings (SSSR count). The van der Waals surface area contributed by atoms with Gasteiger partial charge < -0.3 is 11.1 Å². The number of amides is 1. The van der Waals surface area contributed by atoms with Crippen molar-refractivity contribution in [1.29, 1.82) is 0 Å². The van der Waals surface area contributed by atoms with Crippen LogP contribution in [0.2, 0.25) is 0 Å². The van der Waals surface area contributed by atoms with Crippen LogP contribution in [0.5, 0.6) is 0 Å². The quantitative estimate of drug-likeness (QED) is 0.762. The zero-order valence-electron chi connectivity index (χ0n) is 11.2. The average molecular weight is 269 g/mol. The van der Waals surface area contributed by atoms with Crippen LogP contribution in [0.4, 0.5) is 0 Å². The summed E-state index contributed by atoms with van der Waals surface area (Å²) < 4.78 is 0. The van der Waals surface area contributed by atoms with Crippen LogP contribution in [0, 0.1) is 5.92 Å². The van der Waals surface area contributed by atoms with Crippen LogP contribution in [0.3, 0.4) is 0 Å². The zero-order valence-corrected chi connectivity index (χ0v) is 12.0. The molecule has 1 amide bonds. The van der Waals surface area contributed by atoms with Gasteiger partial charge in [0.2, 0.25) is 5.91 Å². The molecule has 0 fully saturated rings. The van der Waals surface area contributed by atoms with Crippen molar-refractivity contribution < 1.29 is 4.79 Å². The highest BCUT2D eigenvalue weighted by molar-refractivity contribution is 7.09. The molecule has 18 heavy (non-hydrogen) atoms. The molecule has 1 aromatic rings. The molecule has 0 bridgehead atoms. The zero-order chi connectivity index (χ0) is 13.4. The van der Waals surface area contributed by atoms with E-state index in [0.29, 0.717) is 18.9 Å². The topological polar surface area (TPSA) is 68.0 Å². The van der Waals surface area contributed by atoms with Crippen LogP contribution in [-0.4, -0.2) is 17.4 Å². The second-order valence-corrected chi connectivity index (χ2v) is 5.55. The Morgan fingerprint density at radius 1 is 1.56 bits per heavy atom. The van der Waals surface area contributed by atoms with Crippen molar-refractivity contribution in [1.82, 2.24) is 10.3 Å². The molecule has 0 aliphatic heterocycles. The molecule has 0 spiro atoms. The molecule has 0 saturated carbocycles. The maximum atomic E-state index is 11.9. The third-order valence-electron chi connectivity index (χ3n) is 3.02. The summed E-state index contributed by atoms with van der Waals surface area (Å²) in [5, 5.41) is 5.97. The summed E-state index contributed by atoms with van der Waals surface area (Å²) in [5.41, 5.74) is 5.49. The van der Waals surface area contributed by atoms with E-state index >= 15 is 0 Å². The number of aromatic nitrogens is 1. The minimum Gasteiger partial charge on any atom is -0.347 e. The van der Waals surface area contributed by atoms with Crippen LogP contribution in [0.25, 0.3) is 0 Å². The average Bonchev–Trinajstić information content (AvgIpc) is 2.87. The van der Waals surface area contributed by atoms with Gasteiger partial charge in [0, 0.05) is 18.0 Å². The van der Waals surface area contributed by atoms with Crippen LogP contribution in [0.15, 0.2) is 11.6 Å². The SMILES string of the molecule is CCC(NC(=O)CCC(C)CCN)c1nccs1. The van der Waals surface area contributed by atoms with Crippen molar-refractivity contribution >= 4 is 17.2 Å². The maximum Gasteiger partial charge on any atom is 0.220 e. The Kier molecular flexibility index (Phi) is 6.90. The molecule has 0 aliphatic carbocycles. The van der Waals surface area contributed by atoms with Crippen LogP contribution < -0.4 is 11.1 Å². The first-order valence-corrected chi connectivity index (χ1v) is 7.44. The Hall–Kier alpha value is -0.940. The predicted molar refractivity (Wildman–Crippen MR) is 75.4 cm³/mol. The summed E-state index contributed by atoms with van der Waals surface area (Å²) in [7, 11) is 0. The van der Waals surface area contributed by atoms with Gasteiger partial charge in [-0.05, 0) is 31.7 Å². The fourth-order valence-corrected chi connectivity index (χ4v) is 2.59. The molecule has 5 heteroatoms. The van der Waals surface area contributed by atoms with E-state index in [9.17, 15) is 4.79 Å². The first kappa shape index (κ1) is 15.1. The molecule has 102 valence electrons. The summed E-state index contributed by atoms with van der Waals surface area (Å²) in [6, 6.07) is 0.0577. The second kappa shape index (κ2) is 8.21. The number of carbonyl (C=O) groups excluding carboxylic acids is 1. The van der Waals surface area contributed by atoms with Crippen molar-refractivity contribution in [3.8, 4) is 0 Å². The van der Waals surface area contributed by atoms with E-state index in [-0.39, 0.29) is 11.9 Å². The Morgan fingerprint density at radius 2 is 2.33 bits per heavy atom. The Bertz CT molecular complexity index is 340. The second-order valence-electron chi connectivity index (χ2n) is 4.62. The number of nitrogens with two attached hydrogens (primary N) is 1. The third-order valence-corrected chi connectivity index (χ3v) is 3.91. The van der Waals surface area contributed by atoms with Gasteiger partial charge in [-0.1, -0.05) is 13.8 Å². The van der Waals surface area contributed by atoms with Crippen molar-refractivity contribution in [2.75, 3.05) is 6.54 Å². The lowest BCUT2D eigenvalue weighted by Gasteiger charge is -2.15. The van der Waals surface area contributed by atoms with Gasteiger partial charge in [0.05, 0.1) is 6.04 Å². The molecular formula is C13H23N3OS. The van der Waals surface area contributed by atoms with E-state index in [1.54, 1.807) is 17.5 Å². The van der Waals surface area contributed by atoms with Gasteiger partial charge in [-0.15, -0.1) is 11.3 Å². The number of nitrogens with one attached hydrogen (secondary N) is 1. The molecular weight excluding hydrogens is 246 g/mol. The van der Waals surface area contributed by atoms with Gasteiger partial charge in [-0.25, -0.2) is 4.98 Å². The summed E-state index contributed by atoms with van der Waals surface area (Å²) >= 11 is 1.59. The minimum absolute atomic E-state index is 0.0577. The van der Waals surface area contributed by atoms with E-state index in [1.807, 2.05) is 5.38 Å². The van der Waals surface area contributed by atoms with E-state index in [0.717, 1.165) is 24.3 Å². The van der Waals surface area contributed by atoms with E-state index in [1.165, 1.54) is 0 Å². The van der Waals surface area contributed by atoms with Crippen LogP contribution >= 0.6 is 11.3 Å². The highest BCUT2D eigenvalue weighted by atomic mass is 32.1. The van der Waals surface area contributed by atoms with Gasteiger partial charge in [0.1, 0.15) is 5.01 Å². The molecule has 0 aliphatic rings. The molecule has 2 atom stereocenters. The van der Waals surface area contributed by atoms with Crippen molar-refractivity contribution in [2.45, 2.75) is 45.6 Å². The number of rotatable bonds is 8. The fourth-order valence-electron chi connectivity index (χ4n) is 1.82. The van der Waals surface area contributed by atoms with Gasteiger partial charge >= 0.3 is 0 Å². The van der Waals surface area contributed by atoms with Gasteiger partial charge in [0.15, 0.2) is 0 Å². The number of hydrogen-bond acceptors (Lipinski definition) is 4. The van der Waals surface area contributed by atoms with Crippen molar-refractivity contribution in [3.05, 3.63) is 16.6 Å². The Morgan fingerprint density at radius 3 is 2.89 bits per heavy atom. The Balaban J connectivity index is 2.34. The van der Waals surface area contributed by atoms with E-state index < -0.39 is 0 Å². The standard InChI is InChI=1S/C13H23N3OS/c1-3-11(13-15-8-9-18-13)16-12(17)5-4-10(2)6-7-14/h8-11H,3-7,14H2,1-2H3,(H,16,17). The minimum atomic E-state index is 0.0577. The molecule has 0 radical (unpaired) electrons. The number of carbonyl (C=O) groups is 1. The largest absolute Gasteiger partial charge is 0.347 e. The smallest absolute Gasteiger partial charge is 0.220 e.